The van der Waals surface area contributed by atoms with Crippen LogP contribution < -0.4 is 0 Å². The van der Waals surface area contributed by atoms with Gasteiger partial charge in [-0.1, -0.05) is 13.8 Å². The van der Waals surface area contributed by atoms with Crippen LogP contribution in [0.1, 0.15) is 39.2 Å². The summed E-state index contributed by atoms with van der Waals surface area (Å²) in [5.74, 6) is 0.354. The first-order valence-corrected chi connectivity index (χ1v) is 8.69. The lowest BCUT2D eigenvalue weighted by molar-refractivity contribution is -0.392. The van der Waals surface area contributed by atoms with Crippen LogP contribution in [0.25, 0.3) is 0 Å². The highest BCUT2D eigenvalue weighted by Gasteiger charge is 2.34. The molecule has 0 amide bonds. The average molecular weight is 322 g/mol. The summed E-state index contributed by atoms with van der Waals surface area (Å²) >= 11 is 0. The van der Waals surface area contributed by atoms with Gasteiger partial charge in [0.1, 0.15) is 0 Å². The van der Waals surface area contributed by atoms with Crippen LogP contribution >= 0.6 is 10.7 Å². The first kappa shape index (κ1) is 15.2. The summed E-state index contributed by atoms with van der Waals surface area (Å²) < 4.78 is 24.1. The smallest absolute Gasteiger partial charge is 0.358 e. The second-order valence-corrected chi connectivity index (χ2v) is 7.95. The molecule has 112 valence electrons. The van der Waals surface area contributed by atoms with E-state index in [9.17, 15) is 18.5 Å². The van der Waals surface area contributed by atoms with Gasteiger partial charge in [0, 0.05) is 10.7 Å². The second-order valence-electron chi connectivity index (χ2n) is 5.41. The predicted octanol–water partition coefficient (Wildman–Crippen LogP) is 2.72. The molecule has 2 rings (SSSR count). The zero-order valence-corrected chi connectivity index (χ0v) is 12.8. The molecule has 1 saturated carbocycles. The summed E-state index contributed by atoms with van der Waals surface area (Å²) in [5.41, 5.74) is 0. The standard InChI is InChI=1S/C11H16ClN3O4S/c1-7-3-4-9(5-8(7)2)14-6-10(20(12,18)19)11(13-14)15(16)17/h6-9H,3-5H2,1-2H3. The molecule has 1 aliphatic rings. The molecule has 3 unspecified atom stereocenters. The second kappa shape index (κ2) is 5.33. The van der Waals surface area contributed by atoms with Crippen molar-refractivity contribution < 1.29 is 13.3 Å². The molecule has 0 N–H and O–H groups in total. The van der Waals surface area contributed by atoms with E-state index < -0.39 is 24.7 Å². The Bertz CT molecular complexity index is 628. The molecule has 0 spiro atoms. The monoisotopic (exact) mass is 321 g/mol. The van der Waals surface area contributed by atoms with E-state index in [1.165, 1.54) is 10.9 Å². The van der Waals surface area contributed by atoms with Crippen LogP contribution in [0, 0.1) is 22.0 Å². The third-order valence-electron chi connectivity index (χ3n) is 4.06. The van der Waals surface area contributed by atoms with Gasteiger partial charge in [-0.25, -0.2) is 8.42 Å². The van der Waals surface area contributed by atoms with Gasteiger partial charge in [-0.15, -0.1) is 0 Å². The van der Waals surface area contributed by atoms with Gasteiger partial charge in [0.15, 0.2) is 0 Å². The number of nitro groups is 1. The summed E-state index contributed by atoms with van der Waals surface area (Å²) in [5, 5.41) is 14.7. The first-order chi connectivity index (χ1) is 9.20. The molecule has 0 radical (unpaired) electrons. The Balaban J connectivity index is 2.37. The minimum Gasteiger partial charge on any atom is -0.358 e. The van der Waals surface area contributed by atoms with Crippen molar-refractivity contribution in [3.63, 3.8) is 0 Å². The highest BCUT2D eigenvalue weighted by Crippen LogP contribution is 2.37. The quantitative estimate of drug-likeness (QED) is 0.484. The Morgan fingerprint density at radius 1 is 1.40 bits per heavy atom. The van der Waals surface area contributed by atoms with E-state index >= 15 is 0 Å². The van der Waals surface area contributed by atoms with Crippen LogP contribution in [0.4, 0.5) is 5.82 Å². The molecule has 1 fully saturated rings. The molecule has 1 aromatic heterocycles. The van der Waals surface area contributed by atoms with Crippen molar-refractivity contribution in [1.29, 1.82) is 0 Å². The van der Waals surface area contributed by atoms with Crippen LogP contribution in [0.3, 0.4) is 0 Å². The van der Waals surface area contributed by atoms with Gasteiger partial charge in [0.05, 0.1) is 17.3 Å². The van der Waals surface area contributed by atoms with Crippen LogP contribution in [-0.4, -0.2) is 23.1 Å². The molecule has 3 atom stereocenters. The first-order valence-electron chi connectivity index (χ1n) is 6.38. The Kier molecular flexibility index (Phi) is 4.06. The number of rotatable bonds is 3. The maximum absolute atomic E-state index is 11.4. The van der Waals surface area contributed by atoms with E-state index in [1.54, 1.807) is 0 Å². The Hall–Kier alpha value is -1.15. The number of nitrogens with zero attached hydrogens (tertiary/aromatic N) is 3. The third-order valence-corrected chi connectivity index (χ3v) is 5.37. The zero-order valence-electron chi connectivity index (χ0n) is 11.2. The molecule has 20 heavy (non-hydrogen) atoms. The number of hydrogen-bond acceptors (Lipinski definition) is 5. The number of halogens is 1. The van der Waals surface area contributed by atoms with Crippen LogP contribution in [0.15, 0.2) is 11.1 Å². The van der Waals surface area contributed by atoms with Gasteiger partial charge in [-0.05, 0) is 36.0 Å². The topological polar surface area (TPSA) is 95.1 Å². The van der Waals surface area contributed by atoms with Gasteiger partial charge >= 0.3 is 5.82 Å². The lowest BCUT2D eigenvalue weighted by Gasteiger charge is -2.30. The fourth-order valence-corrected chi connectivity index (χ4v) is 3.50. The fourth-order valence-electron chi connectivity index (χ4n) is 2.61. The van der Waals surface area contributed by atoms with Crippen molar-refractivity contribution in [1.82, 2.24) is 9.78 Å². The predicted molar refractivity (Wildman–Crippen MR) is 73.1 cm³/mol. The van der Waals surface area contributed by atoms with Gasteiger partial charge in [0.2, 0.25) is 4.90 Å². The maximum atomic E-state index is 11.4. The molecule has 1 aliphatic carbocycles. The summed E-state index contributed by atoms with van der Waals surface area (Å²) in [6, 6.07) is -0.0212. The number of hydrogen-bond donors (Lipinski definition) is 0. The molecule has 1 aromatic rings. The van der Waals surface area contributed by atoms with Crippen LogP contribution in [0.5, 0.6) is 0 Å². The largest absolute Gasteiger partial charge is 0.410 e. The van der Waals surface area contributed by atoms with E-state index in [0.29, 0.717) is 11.8 Å². The van der Waals surface area contributed by atoms with E-state index in [-0.39, 0.29) is 6.04 Å². The average Bonchev–Trinajstić information content (AvgIpc) is 2.77. The van der Waals surface area contributed by atoms with Crippen LogP contribution in [-0.2, 0) is 9.05 Å². The SMILES string of the molecule is CC1CCC(n2cc(S(=O)(=O)Cl)c([N+](=O)[O-])n2)CC1C. The van der Waals surface area contributed by atoms with E-state index in [2.05, 4.69) is 18.9 Å². The lowest BCUT2D eigenvalue weighted by atomic mass is 9.79. The zero-order chi connectivity index (χ0) is 15.1. The summed E-state index contributed by atoms with van der Waals surface area (Å²) in [4.78, 5) is 9.54. The third kappa shape index (κ3) is 2.95. The summed E-state index contributed by atoms with van der Waals surface area (Å²) in [6.07, 6.45) is 3.81. The molecular formula is C11H16ClN3O4S. The van der Waals surface area contributed by atoms with Crippen LogP contribution in [0.2, 0.25) is 0 Å². The molecule has 0 saturated heterocycles. The Morgan fingerprint density at radius 2 is 2.05 bits per heavy atom. The highest BCUT2D eigenvalue weighted by molar-refractivity contribution is 8.13. The molecule has 0 bridgehead atoms. The van der Waals surface area contributed by atoms with Crippen molar-refractivity contribution in [2.75, 3.05) is 0 Å². The van der Waals surface area contributed by atoms with E-state index in [4.69, 9.17) is 10.7 Å². The number of aromatic nitrogens is 2. The molecule has 0 aromatic carbocycles. The van der Waals surface area contributed by atoms with E-state index in [1.807, 2.05) is 0 Å². The van der Waals surface area contributed by atoms with Crippen molar-refractivity contribution in [2.24, 2.45) is 11.8 Å². The van der Waals surface area contributed by atoms with Gasteiger partial charge in [0.25, 0.3) is 9.05 Å². The maximum Gasteiger partial charge on any atom is 0.410 e. The fraction of sp³-hybridized carbons (Fsp3) is 0.727. The van der Waals surface area contributed by atoms with Gasteiger partial charge in [-0.2, -0.15) is 4.68 Å². The van der Waals surface area contributed by atoms with Crippen molar-refractivity contribution in [3.8, 4) is 0 Å². The molecular weight excluding hydrogens is 306 g/mol. The minimum atomic E-state index is -4.17. The molecule has 7 nitrogen and oxygen atoms in total. The van der Waals surface area contributed by atoms with E-state index in [0.717, 1.165) is 19.3 Å². The van der Waals surface area contributed by atoms with Gasteiger partial charge in [-0.3, -0.25) is 0 Å². The van der Waals surface area contributed by atoms with Crippen molar-refractivity contribution in [2.45, 2.75) is 44.0 Å². The molecule has 1 heterocycles. The Morgan fingerprint density at radius 3 is 2.50 bits per heavy atom. The van der Waals surface area contributed by atoms with Gasteiger partial charge < -0.3 is 10.1 Å². The minimum absolute atomic E-state index is 0.0212. The highest BCUT2D eigenvalue weighted by atomic mass is 35.7. The lowest BCUT2D eigenvalue weighted by Crippen LogP contribution is -2.23. The normalized spacial score (nSPS) is 27.4. The summed E-state index contributed by atoms with van der Waals surface area (Å²) in [7, 11) is 1.05. The Labute approximate surface area is 121 Å². The molecule has 0 aliphatic heterocycles. The van der Waals surface area contributed by atoms with Crippen molar-refractivity contribution in [3.05, 3.63) is 16.3 Å². The van der Waals surface area contributed by atoms with Crippen molar-refractivity contribution >= 4 is 25.6 Å². The molecule has 9 heteroatoms. The summed E-state index contributed by atoms with van der Waals surface area (Å²) in [6.45, 7) is 4.29.